The quantitative estimate of drug-likeness (QED) is 0.744. The molecule has 0 amide bonds. The Morgan fingerprint density at radius 1 is 1.20 bits per heavy atom. The molecule has 0 atom stereocenters. The fourth-order valence-electron chi connectivity index (χ4n) is 1.34. The second-order valence-electron chi connectivity index (χ2n) is 3.73. The van der Waals surface area contributed by atoms with Crippen LogP contribution in [0.15, 0.2) is 24.3 Å². The van der Waals surface area contributed by atoms with E-state index in [-0.39, 0.29) is 0 Å². The van der Waals surface area contributed by atoms with E-state index in [0.717, 1.165) is 13.0 Å². The van der Waals surface area contributed by atoms with Gasteiger partial charge in [0.05, 0.1) is 0 Å². The van der Waals surface area contributed by atoms with Gasteiger partial charge in [0.1, 0.15) is 0 Å². The number of nitrogens with one attached hydrogen (secondary N) is 1. The highest BCUT2D eigenvalue weighted by Gasteiger charge is 1.92. The number of aryl methyl sites for hydroxylation is 2. The van der Waals surface area contributed by atoms with Gasteiger partial charge in [0, 0.05) is 0 Å². The molecule has 86 valence electrons. The summed E-state index contributed by atoms with van der Waals surface area (Å²) in [7, 11) is 3.75. The molecular weight excluding hydrogens is 184 g/mol. The first-order valence-corrected chi connectivity index (χ1v) is 5.58. The van der Waals surface area contributed by atoms with E-state index < -0.39 is 0 Å². The van der Waals surface area contributed by atoms with Gasteiger partial charge in [-0.2, -0.15) is 0 Å². The van der Waals surface area contributed by atoms with Crippen LogP contribution in [0.5, 0.6) is 0 Å². The van der Waals surface area contributed by atoms with Gasteiger partial charge in [0.25, 0.3) is 0 Å². The zero-order chi connectivity index (χ0) is 11.5. The average molecular weight is 208 g/mol. The van der Waals surface area contributed by atoms with Crippen LogP contribution in [-0.2, 0) is 6.42 Å². The minimum atomic E-state index is 0.811. The molecule has 0 saturated heterocycles. The molecule has 0 saturated carbocycles. The molecule has 0 bridgehead atoms. The van der Waals surface area contributed by atoms with Crippen molar-refractivity contribution in [3.63, 3.8) is 0 Å². The first kappa shape index (κ1) is 14.1. The maximum absolute atomic E-state index is 5.42. The molecule has 1 aromatic rings. The molecule has 3 N–H and O–H groups in total. The van der Waals surface area contributed by atoms with Crippen molar-refractivity contribution in [1.29, 1.82) is 0 Å². The van der Waals surface area contributed by atoms with Crippen LogP contribution in [0.1, 0.15) is 24.0 Å². The maximum Gasteiger partial charge on any atom is -0.00772 e. The van der Waals surface area contributed by atoms with Crippen LogP contribution in [0, 0.1) is 6.92 Å². The van der Waals surface area contributed by atoms with Crippen LogP contribution in [0.3, 0.4) is 0 Å². The molecular formula is C13H24N2. The second kappa shape index (κ2) is 9.69. The van der Waals surface area contributed by atoms with Crippen LogP contribution in [0.4, 0.5) is 0 Å². The zero-order valence-corrected chi connectivity index (χ0v) is 10.2. The Bertz CT molecular complexity index is 246. The van der Waals surface area contributed by atoms with Gasteiger partial charge >= 0.3 is 0 Å². The predicted octanol–water partition coefficient (Wildman–Crippen LogP) is 2.11. The van der Waals surface area contributed by atoms with E-state index in [4.69, 9.17) is 5.73 Å². The van der Waals surface area contributed by atoms with Crippen molar-refractivity contribution in [3.8, 4) is 0 Å². The lowest BCUT2D eigenvalue weighted by Crippen LogP contribution is -1.98. The molecule has 0 aliphatic rings. The predicted molar refractivity (Wildman–Crippen MR) is 68.2 cm³/mol. The molecule has 0 radical (unpaired) electrons. The molecule has 1 aromatic carbocycles. The fraction of sp³-hybridized carbons (Fsp3) is 0.538. The van der Waals surface area contributed by atoms with E-state index in [0.29, 0.717) is 0 Å². The second-order valence-corrected chi connectivity index (χ2v) is 3.73. The lowest BCUT2D eigenvalue weighted by molar-refractivity contribution is 0.744. The van der Waals surface area contributed by atoms with Crippen molar-refractivity contribution in [1.82, 2.24) is 5.32 Å². The highest BCUT2D eigenvalue weighted by molar-refractivity contribution is 5.22. The van der Waals surface area contributed by atoms with Gasteiger partial charge in [-0.05, 0) is 52.4 Å². The van der Waals surface area contributed by atoms with Crippen molar-refractivity contribution in [2.75, 3.05) is 20.6 Å². The summed E-state index contributed by atoms with van der Waals surface area (Å²) in [5, 5.41) is 2.75. The number of benzene rings is 1. The van der Waals surface area contributed by atoms with Gasteiger partial charge in [-0.3, -0.25) is 0 Å². The van der Waals surface area contributed by atoms with E-state index in [9.17, 15) is 0 Å². The van der Waals surface area contributed by atoms with Gasteiger partial charge in [0.15, 0.2) is 0 Å². The summed E-state index contributed by atoms with van der Waals surface area (Å²) >= 11 is 0. The molecule has 15 heavy (non-hydrogen) atoms. The summed E-state index contributed by atoms with van der Waals surface area (Å²) in [6.45, 7) is 2.94. The van der Waals surface area contributed by atoms with Gasteiger partial charge in [-0.1, -0.05) is 29.8 Å². The standard InChI is InChI=1S/C11H17N.C2H7N/c1-10-5-4-7-11(9-10)6-2-3-8-12;1-3-2/h4-5,7,9H,2-3,6,8,12H2,1H3;3H,1-2H3. The molecule has 2 nitrogen and oxygen atoms in total. The maximum atomic E-state index is 5.42. The summed E-state index contributed by atoms with van der Waals surface area (Å²) < 4.78 is 0. The minimum absolute atomic E-state index is 0.811. The highest BCUT2D eigenvalue weighted by Crippen LogP contribution is 2.07. The van der Waals surface area contributed by atoms with Crippen molar-refractivity contribution >= 4 is 0 Å². The van der Waals surface area contributed by atoms with Crippen LogP contribution in [0.25, 0.3) is 0 Å². The van der Waals surface area contributed by atoms with E-state index in [2.05, 4.69) is 36.5 Å². The SMILES string of the molecule is CNC.Cc1cccc(CCCCN)c1. The fourth-order valence-corrected chi connectivity index (χ4v) is 1.34. The van der Waals surface area contributed by atoms with Crippen molar-refractivity contribution in [2.45, 2.75) is 26.2 Å². The summed E-state index contributed by atoms with van der Waals surface area (Å²) in [6.07, 6.45) is 3.51. The molecule has 0 heterocycles. The van der Waals surface area contributed by atoms with Crippen LogP contribution < -0.4 is 11.1 Å². The van der Waals surface area contributed by atoms with Gasteiger partial charge in [0.2, 0.25) is 0 Å². The largest absolute Gasteiger partial charge is 0.330 e. The Morgan fingerprint density at radius 3 is 2.40 bits per heavy atom. The molecule has 0 aliphatic heterocycles. The highest BCUT2D eigenvalue weighted by atomic mass is 14.7. The molecule has 0 fully saturated rings. The third kappa shape index (κ3) is 8.16. The van der Waals surface area contributed by atoms with E-state index in [1.165, 1.54) is 24.0 Å². The third-order valence-corrected chi connectivity index (χ3v) is 2.00. The summed E-state index contributed by atoms with van der Waals surface area (Å²) in [5.41, 5.74) is 8.20. The van der Waals surface area contributed by atoms with Gasteiger partial charge in [-0.25, -0.2) is 0 Å². The average Bonchev–Trinajstić information content (AvgIpc) is 2.19. The van der Waals surface area contributed by atoms with E-state index >= 15 is 0 Å². The smallest absolute Gasteiger partial charge is 0.00772 e. The van der Waals surface area contributed by atoms with Gasteiger partial charge < -0.3 is 11.1 Å². The summed E-state index contributed by atoms with van der Waals surface area (Å²) in [6, 6.07) is 8.68. The van der Waals surface area contributed by atoms with E-state index in [1.807, 2.05) is 14.1 Å². The number of hydrogen-bond donors (Lipinski definition) is 2. The van der Waals surface area contributed by atoms with Crippen LogP contribution in [-0.4, -0.2) is 20.6 Å². The van der Waals surface area contributed by atoms with E-state index in [1.54, 1.807) is 0 Å². The number of nitrogens with two attached hydrogens (primary N) is 1. The molecule has 0 aromatic heterocycles. The molecule has 1 rings (SSSR count). The lowest BCUT2D eigenvalue weighted by Gasteiger charge is -2.00. The summed E-state index contributed by atoms with van der Waals surface area (Å²) in [4.78, 5) is 0. The number of unbranched alkanes of at least 4 members (excludes halogenated alkanes) is 1. The van der Waals surface area contributed by atoms with Crippen LogP contribution >= 0.6 is 0 Å². The number of hydrogen-bond acceptors (Lipinski definition) is 2. The van der Waals surface area contributed by atoms with Gasteiger partial charge in [-0.15, -0.1) is 0 Å². The Balaban J connectivity index is 0.000000583. The Kier molecular flexibility index (Phi) is 9.13. The Hall–Kier alpha value is -0.860. The monoisotopic (exact) mass is 208 g/mol. The lowest BCUT2D eigenvalue weighted by atomic mass is 10.1. The first-order chi connectivity index (χ1) is 7.24. The Labute approximate surface area is 93.9 Å². The topological polar surface area (TPSA) is 38.0 Å². The number of rotatable bonds is 4. The Morgan fingerprint density at radius 2 is 1.87 bits per heavy atom. The van der Waals surface area contributed by atoms with Crippen molar-refractivity contribution < 1.29 is 0 Å². The molecule has 0 spiro atoms. The molecule has 0 aliphatic carbocycles. The molecule has 2 heteroatoms. The minimum Gasteiger partial charge on any atom is -0.330 e. The normalized spacial score (nSPS) is 9.33. The van der Waals surface area contributed by atoms with Crippen LogP contribution in [0.2, 0.25) is 0 Å². The molecule has 0 unspecified atom stereocenters. The first-order valence-electron chi connectivity index (χ1n) is 5.58. The van der Waals surface area contributed by atoms with Crippen molar-refractivity contribution in [3.05, 3.63) is 35.4 Å². The van der Waals surface area contributed by atoms with Crippen molar-refractivity contribution in [2.24, 2.45) is 5.73 Å². The zero-order valence-electron chi connectivity index (χ0n) is 10.2. The third-order valence-electron chi connectivity index (χ3n) is 2.00. The summed E-state index contributed by atoms with van der Waals surface area (Å²) in [5.74, 6) is 0.